The molecule has 7 heteroatoms. The molecule has 0 radical (unpaired) electrons. The van der Waals surface area contributed by atoms with Gasteiger partial charge in [-0.15, -0.1) is 0 Å². The molecule has 1 fully saturated rings. The predicted octanol–water partition coefficient (Wildman–Crippen LogP) is 1.90. The average Bonchev–Trinajstić information content (AvgIpc) is 2.90. The summed E-state index contributed by atoms with van der Waals surface area (Å²) in [4.78, 5) is 25.3. The Morgan fingerprint density at radius 1 is 1.04 bits per heavy atom. The fourth-order valence-corrected chi connectivity index (χ4v) is 3.14. The lowest BCUT2D eigenvalue weighted by Gasteiger charge is -2.21. The molecule has 1 aliphatic heterocycles. The summed E-state index contributed by atoms with van der Waals surface area (Å²) in [6, 6.07) is 9.43. The molecule has 1 saturated heterocycles. The van der Waals surface area contributed by atoms with Gasteiger partial charge in [0, 0.05) is 44.0 Å². The van der Waals surface area contributed by atoms with Gasteiger partial charge in [-0.25, -0.2) is 9.97 Å². The zero-order valence-corrected chi connectivity index (χ0v) is 13.8. The number of carbonyl (C=O) groups excluding carboxylic acids is 1. The van der Waals surface area contributed by atoms with Gasteiger partial charge in [0.15, 0.2) is 5.58 Å². The van der Waals surface area contributed by atoms with Crippen molar-refractivity contribution >= 4 is 22.8 Å². The number of para-hydroxylation sites is 1. The zero-order valence-electron chi connectivity index (χ0n) is 13.8. The summed E-state index contributed by atoms with van der Waals surface area (Å²) in [5.41, 5.74) is 1.42. The standard InChI is InChI=1S/C18H19N5O2/c24-17(13-15-14-5-1-2-6-16(14)25-21-15)22-9-4-10-23(12-11-22)18-19-7-3-8-20-18/h1-3,5-8H,4,9-13H2. The van der Waals surface area contributed by atoms with Crippen LogP contribution in [0.2, 0.25) is 0 Å². The van der Waals surface area contributed by atoms with Crippen molar-refractivity contribution in [2.45, 2.75) is 12.8 Å². The second-order valence-electron chi connectivity index (χ2n) is 6.07. The molecular weight excluding hydrogens is 318 g/mol. The van der Waals surface area contributed by atoms with Crippen LogP contribution >= 0.6 is 0 Å². The Morgan fingerprint density at radius 3 is 2.76 bits per heavy atom. The minimum atomic E-state index is 0.0786. The number of aromatic nitrogens is 3. The van der Waals surface area contributed by atoms with Crippen LogP contribution in [0.4, 0.5) is 5.95 Å². The normalized spacial score (nSPS) is 15.4. The molecule has 7 nitrogen and oxygen atoms in total. The van der Waals surface area contributed by atoms with Crippen molar-refractivity contribution in [1.82, 2.24) is 20.0 Å². The molecule has 0 N–H and O–H groups in total. The van der Waals surface area contributed by atoms with E-state index in [0.717, 1.165) is 37.4 Å². The summed E-state index contributed by atoms with van der Waals surface area (Å²) >= 11 is 0. The second-order valence-corrected chi connectivity index (χ2v) is 6.07. The molecule has 128 valence electrons. The summed E-state index contributed by atoms with van der Waals surface area (Å²) in [5.74, 6) is 0.800. The maximum absolute atomic E-state index is 12.7. The molecule has 1 amide bonds. The van der Waals surface area contributed by atoms with E-state index in [4.69, 9.17) is 4.52 Å². The van der Waals surface area contributed by atoms with Gasteiger partial charge in [-0.3, -0.25) is 4.79 Å². The predicted molar refractivity (Wildman–Crippen MR) is 93.2 cm³/mol. The summed E-state index contributed by atoms with van der Waals surface area (Å²) in [5, 5.41) is 4.97. The molecule has 0 spiro atoms. The lowest BCUT2D eigenvalue weighted by Crippen LogP contribution is -2.36. The van der Waals surface area contributed by atoms with Crippen molar-refractivity contribution in [3.05, 3.63) is 48.4 Å². The molecule has 1 aromatic carbocycles. The maximum atomic E-state index is 12.7. The van der Waals surface area contributed by atoms with E-state index >= 15 is 0 Å². The van der Waals surface area contributed by atoms with Crippen LogP contribution in [0, 0.1) is 0 Å². The first kappa shape index (κ1) is 15.6. The van der Waals surface area contributed by atoms with Crippen LogP contribution in [0.5, 0.6) is 0 Å². The number of anilines is 1. The highest BCUT2D eigenvalue weighted by Crippen LogP contribution is 2.19. The van der Waals surface area contributed by atoms with Crippen molar-refractivity contribution in [2.75, 3.05) is 31.1 Å². The number of fused-ring (bicyclic) bond motifs is 1. The molecule has 0 bridgehead atoms. The molecule has 0 unspecified atom stereocenters. The largest absolute Gasteiger partial charge is 0.356 e. The summed E-state index contributed by atoms with van der Waals surface area (Å²) in [7, 11) is 0. The van der Waals surface area contributed by atoms with Crippen molar-refractivity contribution in [1.29, 1.82) is 0 Å². The topological polar surface area (TPSA) is 75.4 Å². The van der Waals surface area contributed by atoms with Gasteiger partial charge in [0.2, 0.25) is 11.9 Å². The molecule has 3 aromatic rings. The first-order chi connectivity index (χ1) is 12.3. The van der Waals surface area contributed by atoms with Gasteiger partial charge >= 0.3 is 0 Å². The summed E-state index contributed by atoms with van der Waals surface area (Å²) in [6.07, 6.45) is 4.64. The maximum Gasteiger partial charge on any atom is 0.228 e. The monoisotopic (exact) mass is 337 g/mol. The third-order valence-electron chi connectivity index (χ3n) is 4.45. The summed E-state index contributed by atoms with van der Waals surface area (Å²) < 4.78 is 5.29. The van der Waals surface area contributed by atoms with Crippen LogP contribution in [-0.2, 0) is 11.2 Å². The Hall–Kier alpha value is -2.96. The molecule has 25 heavy (non-hydrogen) atoms. The Balaban J connectivity index is 1.43. The second kappa shape index (κ2) is 6.88. The van der Waals surface area contributed by atoms with Crippen LogP contribution in [0.25, 0.3) is 11.0 Å². The minimum Gasteiger partial charge on any atom is -0.356 e. The number of amides is 1. The Bertz CT molecular complexity index is 864. The molecule has 3 heterocycles. The zero-order chi connectivity index (χ0) is 17.1. The van der Waals surface area contributed by atoms with E-state index in [2.05, 4.69) is 20.0 Å². The van der Waals surface area contributed by atoms with E-state index in [1.807, 2.05) is 29.2 Å². The van der Waals surface area contributed by atoms with E-state index in [1.54, 1.807) is 18.5 Å². The van der Waals surface area contributed by atoms with Gasteiger partial charge in [0.1, 0.15) is 5.69 Å². The van der Waals surface area contributed by atoms with Crippen molar-refractivity contribution in [2.24, 2.45) is 0 Å². The van der Waals surface area contributed by atoms with Crippen LogP contribution < -0.4 is 4.90 Å². The number of benzene rings is 1. The van der Waals surface area contributed by atoms with E-state index in [-0.39, 0.29) is 12.3 Å². The first-order valence-electron chi connectivity index (χ1n) is 8.44. The van der Waals surface area contributed by atoms with Crippen LogP contribution in [0.15, 0.2) is 47.2 Å². The number of carbonyl (C=O) groups is 1. The molecule has 0 atom stereocenters. The highest BCUT2D eigenvalue weighted by Gasteiger charge is 2.22. The minimum absolute atomic E-state index is 0.0786. The number of nitrogens with zero attached hydrogens (tertiary/aromatic N) is 5. The fraction of sp³-hybridized carbons (Fsp3) is 0.333. The third-order valence-corrected chi connectivity index (χ3v) is 4.45. The lowest BCUT2D eigenvalue weighted by atomic mass is 10.1. The van der Waals surface area contributed by atoms with Crippen LogP contribution in [-0.4, -0.2) is 52.1 Å². The van der Waals surface area contributed by atoms with Gasteiger partial charge in [-0.05, 0) is 24.6 Å². The average molecular weight is 337 g/mol. The number of hydrogen-bond donors (Lipinski definition) is 0. The van der Waals surface area contributed by atoms with E-state index < -0.39 is 0 Å². The van der Waals surface area contributed by atoms with E-state index in [1.165, 1.54) is 0 Å². The van der Waals surface area contributed by atoms with Crippen molar-refractivity contribution in [3.63, 3.8) is 0 Å². The number of hydrogen-bond acceptors (Lipinski definition) is 6. The third kappa shape index (κ3) is 3.31. The summed E-state index contributed by atoms with van der Waals surface area (Å²) in [6.45, 7) is 2.97. The number of rotatable bonds is 3. The first-order valence-corrected chi connectivity index (χ1v) is 8.44. The molecule has 1 aliphatic rings. The molecule has 0 aliphatic carbocycles. The molecule has 2 aromatic heterocycles. The van der Waals surface area contributed by atoms with Gasteiger partial charge in [0.25, 0.3) is 0 Å². The van der Waals surface area contributed by atoms with Crippen LogP contribution in [0.3, 0.4) is 0 Å². The quantitative estimate of drug-likeness (QED) is 0.727. The lowest BCUT2D eigenvalue weighted by molar-refractivity contribution is -0.130. The Labute approximate surface area is 145 Å². The fourth-order valence-electron chi connectivity index (χ4n) is 3.14. The molecule has 4 rings (SSSR count). The molecular formula is C18H19N5O2. The highest BCUT2D eigenvalue weighted by atomic mass is 16.5. The van der Waals surface area contributed by atoms with E-state index in [9.17, 15) is 4.79 Å². The highest BCUT2D eigenvalue weighted by molar-refractivity contribution is 5.86. The Kier molecular flexibility index (Phi) is 4.28. The van der Waals surface area contributed by atoms with Gasteiger partial charge in [-0.1, -0.05) is 17.3 Å². The SMILES string of the molecule is O=C(Cc1noc2ccccc12)N1CCCN(c2ncccn2)CC1. The Morgan fingerprint density at radius 2 is 1.88 bits per heavy atom. The molecule has 0 saturated carbocycles. The van der Waals surface area contributed by atoms with Gasteiger partial charge in [0.05, 0.1) is 6.42 Å². The van der Waals surface area contributed by atoms with Gasteiger partial charge in [-0.2, -0.15) is 0 Å². The van der Waals surface area contributed by atoms with Crippen molar-refractivity contribution < 1.29 is 9.32 Å². The van der Waals surface area contributed by atoms with E-state index in [0.29, 0.717) is 17.8 Å². The smallest absolute Gasteiger partial charge is 0.228 e. The van der Waals surface area contributed by atoms with Gasteiger partial charge < -0.3 is 14.3 Å². The van der Waals surface area contributed by atoms with Crippen LogP contribution in [0.1, 0.15) is 12.1 Å². The van der Waals surface area contributed by atoms with Crippen molar-refractivity contribution in [3.8, 4) is 0 Å².